The van der Waals surface area contributed by atoms with E-state index in [0.717, 1.165) is 18.6 Å². The maximum Gasteiger partial charge on any atom is 0.416 e. The van der Waals surface area contributed by atoms with E-state index in [4.69, 9.17) is 4.74 Å². The average Bonchev–Trinajstić information content (AvgIpc) is 2.26. The van der Waals surface area contributed by atoms with Crippen LogP contribution >= 0.6 is 0 Å². The van der Waals surface area contributed by atoms with Crippen molar-refractivity contribution in [2.75, 3.05) is 7.11 Å². The summed E-state index contributed by atoms with van der Waals surface area (Å²) in [6.07, 6.45) is -2.48. The van der Waals surface area contributed by atoms with Crippen molar-refractivity contribution in [3.8, 4) is 0 Å². The van der Waals surface area contributed by atoms with Crippen LogP contribution in [-0.4, -0.2) is 13.1 Å². The molecular weight excluding hydrogens is 245 g/mol. The minimum Gasteiger partial charge on any atom is -0.468 e. The van der Waals surface area contributed by atoms with Gasteiger partial charge in [0.1, 0.15) is 0 Å². The summed E-state index contributed by atoms with van der Waals surface area (Å²) in [4.78, 5) is 11.8. The Bertz CT molecular complexity index is 462. The Labute approximate surface area is 103 Å². The zero-order valence-corrected chi connectivity index (χ0v) is 9.88. The maximum absolute atomic E-state index is 12.6. The van der Waals surface area contributed by atoms with E-state index in [0.29, 0.717) is 18.4 Å². The van der Waals surface area contributed by atoms with E-state index >= 15 is 0 Å². The summed E-state index contributed by atoms with van der Waals surface area (Å²) in [7, 11) is 1.26. The first-order valence-corrected chi connectivity index (χ1v) is 5.66. The molecule has 0 aliphatic heterocycles. The second kappa shape index (κ2) is 4.30. The largest absolute Gasteiger partial charge is 0.468 e. The first-order valence-electron chi connectivity index (χ1n) is 5.66. The Hall–Kier alpha value is -1.52. The minimum absolute atomic E-state index is 0.399. The summed E-state index contributed by atoms with van der Waals surface area (Å²) < 4.78 is 42.7. The van der Waals surface area contributed by atoms with Crippen molar-refractivity contribution >= 4 is 5.97 Å². The molecule has 1 aromatic rings. The molecular formula is C13H13F3O2. The van der Waals surface area contributed by atoms with Gasteiger partial charge in [-0.05, 0) is 24.5 Å². The first-order chi connectivity index (χ1) is 8.40. The number of carbonyl (C=O) groups is 1. The number of hydrogen-bond donors (Lipinski definition) is 0. The Morgan fingerprint density at radius 2 is 2.00 bits per heavy atom. The number of halogens is 3. The van der Waals surface area contributed by atoms with Crippen LogP contribution in [0.2, 0.25) is 0 Å². The number of methoxy groups -OCH3 is 1. The van der Waals surface area contributed by atoms with Crippen LogP contribution in [0.3, 0.4) is 0 Å². The fourth-order valence-electron chi connectivity index (χ4n) is 2.33. The van der Waals surface area contributed by atoms with Crippen molar-refractivity contribution in [3.63, 3.8) is 0 Å². The molecule has 1 saturated carbocycles. The summed E-state index contributed by atoms with van der Waals surface area (Å²) in [5.74, 6) is -0.451. The monoisotopic (exact) mass is 258 g/mol. The summed E-state index contributed by atoms with van der Waals surface area (Å²) in [6, 6.07) is 4.95. The van der Waals surface area contributed by atoms with Crippen molar-refractivity contribution in [2.45, 2.75) is 30.9 Å². The van der Waals surface area contributed by atoms with Gasteiger partial charge in [-0.2, -0.15) is 13.2 Å². The van der Waals surface area contributed by atoms with E-state index in [1.165, 1.54) is 13.2 Å². The molecule has 0 N–H and O–H groups in total. The lowest BCUT2D eigenvalue weighted by molar-refractivity contribution is -0.151. The highest BCUT2D eigenvalue weighted by molar-refractivity contribution is 5.84. The second-order valence-corrected chi connectivity index (χ2v) is 4.51. The van der Waals surface area contributed by atoms with E-state index < -0.39 is 23.1 Å². The zero-order valence-electron chi connectivity index (χ0n) is 9.88. The van der Waals surface area contributed by atoms with Crippen molar-refractivity contribution in [1.29, 1.82) is 0 Å². The predicted octanol–water partition coefficient (Wildman–Crippen LogP) is 3.30. The number of hydrogen-bond acceptors (Lipinski definition) is 2. The molecule has 0 bridgehead atoms. The number of esters is 1. The quantitative estimate of drug-likeness (QED) is 0.761. The highest BCUT2D eigenvalue weighted by atomic mass is 19.4. The molecule has 2 rings (SSSR count). The normalized spacial score (nSPS) is 18.0. The molecule has 98 valence electrons. The molecule has 18 heavy (non-hydrogen) atoms. The molecule has 0 heterocycles. The maximum atomic E-state index is 12.6. The third-order valence-electron chi connectivity index (χ3n) is 3.53. The fourth-order valence-corrected chi connectivity index (χ4v) is 2.33. The lowest BCUT2D eigenvalue weighted by Crippen LogP contribution is -2.43. The Morgan fingerprint density at radius 1 is 1.33 bits per heavy atom. The fraction of sp³-hybridized carbons (Fsp3) is 0.462. The summed E-state index contributed by atoms with van der Waals surface area (Å²) >= 11 is 0. The van der Waals surface area contributed by atoms with Gasteiger partial charge in [0.25, 0.3) is 0 Å². The highest BCUT2D eigenvalue weighted by Crippen LogP contribution is 2.45. The summed E-state index contributed by atoms with van der Waals surface area (Å²) in [6.45, 7) is 0. The predicted molar refractivity (Wildman–Crippen MR) is 59.0 cm³/mol. The topological polar surface area (TPSA) is 26.3 Å². The van der Waals surface area contributed by atoms with Crippen LogP contribution in [0, 0.1) is 0 Å². The smallest absolute Gasteiger partial charge is 0.416 e. The lowest BCUT2D eigenvalue weighted by atomic mass is 9.64. The van der Waals surface area contributed by atoms with Gasteiger partial charge in [-0.1, -0.05) is 24.6 Å². The van der Waals surface area contributed by atoms with Crippen molar-refractivity contribution in [2.24, 2.45) is 0 Å². The van der Waals surface area contributed by atoms with E-state index in [1.54, 1.807) is 6.07 Å². The van der Waals surface area contributed by atoms with Crippen LogP contribution in [0.4, 0.5) is 13.2 Å². The number of alkyl halides is 3. The third-order valence-corrected chi connectivity index (χ3v) is 3.53. The van der Waals surface area contributed by atoms with Crippen molar-refractivity contribution < 1.29 is 22.7 Å². The molecule has 1 fully saturated rings. The molecule has 0 unspecified atom stereocenters. The van der Waals surface area contributed by atoms with Crippen LogP contribution in [0.25, 0.3) is 0 Å². The van der Waals surface area contributed by atoms with Gasteiger partial charge in [-0.3, -0.25) is 4.79 Å². The van der Waals surface area contributed by atoms with Gasteiger partial charge >= 0.3 is 12.1 Å². The molecule has 1 aromatic carbocycles. The molecule has 0 saturated heterocycles. The first kappa shape index (κ1) is 12.9. The summed E-state index contributed by atoms with van der Waals surface area (Å²) in [5.41, 5.74) is -1.21. The van der Waals surface area contributed by atoms with Gasteiger partial charge in [0.05, 0.1) is 18.1 Å². The van der Waals surface area contributed by atoms with E-state index in [-0.39, 0.29) is 0 Å². The minimum atomic E-state index is -4.39. The van der Waals surface area contributed by atoms with Gasteiger partial charge in [0, 0.05) is 0 Å². The molecule has 0 aromatic heterocycles. The lowest BCUT2D eigenvalue weighted by Gasteiger charge is -2.39. The highest BCUT2D eigenvalue weighted by Gasteiger charge is 2.47. The molecule has 2 nitrogen and oxygen atoms in total. The molecule has 1 aliphatic rings. The number of carbonyl (C=O) groups excluding carboxylic acids is 1. The van der Waals surface area contributed by atoms with Crippen LogP contribution in [-0.2, 0) is 21.1 Å². The van der Waals surface area contributed by atoms with Crippen LogP contribution in [0.15, 0.2) is 24.3 Å². The number of benzene rings is 1. The molecule has 1 aliphatic carbocycles. The molecule has 0 radical (unpaired) electrons. The van der Waals surface area contributed by atoms with Crippen molar-refractivity contribution in [1.82, 2.24) is 0 Å². The average molecular weight is 258 g/mol. The van der Waals surface area contributed by atoms with Gasteiger partial charge in [0.15, 0.2) is 0 Å². The number of ether oxygens (including phenoxy) is 1. The molecule has 0 spiro atoms. The Kier molecular flexibility index (Phi) is 3.09. The SMILES string of the molecule is COC(=O)C1(c2cccc(C(F)(F)F)c2)CCC1. The molecule has 0 amide bonds. The summed E-state index contributed by atoms with van der Waals surface area (Å²) in [5, 5.41) is 0. The second-order valence-electron chi connectivity index (χ2n) is 4.51. The van der Waals surface area contributed by atoms with E-state index in [2.05, 4.69) is 0 Å². The Balaban J connectivity index is 2.41. The third kappa shape index (κ3) is 1.98. The van der Waals surface area contributed by atoms with E-state index in [1.807, 2.05) is 0 Å². The molecule has 0 atom stereocenters. The van der Waals surface area contributed by atoms with E-state index in [9.17, 15) is 18.0 Å². The van der Waals surface area contributed by atoms with Gasteiger partial charge in [0.2, 0.25) is 0 Å². The van der Waals surface area contributed by atoms with Gasteiger partial charge in [-0.25, -0.2) is 0 Å². The van der Waals surface area contributed by atoms with Gasteiger partial charge in [-0.15, -0.1) is 0 Å². The van der Waals surface area contributed by atoms with Crippen molar-refractivity contribution in [3.05, 3.63) is 35.4 Å². The Morgan fingerprint density at radius 3 is 2.44 bits per heavy atom. The molecule has 5 heteroatoms. The van der Waals surface area contributed by atoms with Crippen LogP contribution < -0.4 is 0 Å². The standard InChI is InChI=1S/C13H13F3O2/c1-18-11(17)12(6-3-7-12)9-4-2-5-10(8-9)13(14,15)16/h2,4-5,8H,3,6-7H2,1H3. The number of rotatable bonds is 2. The van der Waals surface area contributed by atoms with Gasteiger partial charge < -0.3 is 4.74 Å². The van der Waals surface area contributed by atoms with Crippen LogP contribution in [0.5, 0.6) is 0 Å². The zero-order chi connectivity index (χ0) is 13.4. The van der Waals surface area contributed by atoms with Crippen LogP contribution in [0.1, 0.15) is 30.4 Å².